The van der Waals surface area contributed by atoms with Crippen molar-refractivity contribution in [2.45, 2.75) is 39.2 Å². The Morgan fingerprint density at radius 3 is 2.56 bits per heavy atom. The Hall–Kier alpha value is -2.24. The first-order valence-electron chi connectivity index (χ1n) is 9.15. The molecule has 2 heterocycles. The number of piperidine rings is 1. The fourth-order valence-corrected chi connectivity index (χ4v) is 3.42. The third kappa shape index (κ3) is 4.24. The molecule has 0 saturated carbocycles. The number of amides is 3. The van der Waals surface area contributed by atoms with Gasteiger partial charge in [-0.2, -0.15) is 0 Å². The van der Waals surface area contributed by atoms with E-state index in [0.29, 0.717) is 25.5 Å². The SMILES string of the molecule is CCOc1ccc(N2C[C@@H](NC(=O)N3CCC(C)CC3)CC2=O)cc1. The lowest BCUT2D eigenvalue weighted by atomic mass is 10.00. The molecular formula is C19H27N3O3. The summed E-state index contributed by atoms with van der Waals surface area (Å²) in [5.41, 5.74) is 0.844. The average Bonchev–Trinajstić information content (AvgIpc) is 2.96. The molecule has 3 rings (SSSR count). The van der Waals surface area contributed by atoms with Gasteiger partial charge in [-0.3, -0.25) is 4.79 Å². The minimum Gasteiger partial charge on any atom is -0.494 e. The van der Waals surface area contributed by atoms with Crippen molar-refractivity contribution in [1.82, 2.24) is 10.2 Å². The van der Waals surface area contributed by atoms with E-state index in [1.54, 1.807) is 4.90 Å². The summed E-state index contributed by atoms with van der Waals surface area (Å²) >= 11 is 0. The highest BCUT2D eigenvalue weighted by Gasteiger charge is 2.33. The van der Waals surface area contributed by atoms with Crippen molar-refractivity contribution in [1.29, 1.82) is 0 Å². The third-order valence-corrected chi connectivity index (χ3v) is 4.98. The monoisotopic (exact) mass is 345 g/mol. The third-order valence-electron chi connectivity index (χ3n) is 4.98. The second-order valence-electron chi connectivity index (χ2n) is 6.95. The lowest BCUT2D eigenvalue weighted by Gasteiger charge is -2.31. The number of urea groups is 1. The Kier molecular flexibility index (Phi) is 5.46. The van der Waals surface area contributed by atoms with Crippen LogP contribution in [-0.4, -0.2) is 49.1 Å². The largest absolute Gasteiger partial charge is 0.494 e. The molecule has 0 spiro atoms. The smallest absolute Gasteiger partial charge is 0.317 e. The van der Waals surface area contributed by atoms with Crippen LogP contribution in [0.15, 0.2) is 24.3 Å². The lowest BCUT2D eigenvalue weighted by molar-refractivity contribution is -0.117. The maximum Gasteiger partial charge on any atom is 0.317 e. The first-order chi connectivity index (χ1) is 12.1. The van der Waals surface area contributed by atoms with Gasteiger partial charge in [-0.15, -0.1) is 0 Å². The number of benzene rings is 1. The number of carbonyl (C=O) groups excluding carboxylic acids is 2. The second kappa shape index (κ2) is 7.76. The van der Waals surface area contributed by atoms with E-state index < -0.39 is 0 Å². The van der Waals surface area contributed by atoms with E-state index in [4.69, 9.17) is 4.74 Å². The topological polar surface area (TPSA) is 61.9 Å². The maximum atomic E-state index is 12.4. The predicted molar refractivity (Wildman–Crippen MR) is 96.9 cm³/mol. The quantitative estimate of drug-likeness (QED) is 0.912. The Bertz CT molecular complexity index is 609. The molecule has 0 aliphatic carbocycles. The molecule has 136 valence electrons. The summed E-state index contributed by atoms with van der Waals surface area (Å²) in [7, 11) is 0. The Morgan fingerprint density at radius 2 is 1.92 bits per heavy atom. The van der Waals surface area contributed by atoms with Crippen LogP contribution in [0, 0.1) is 5.92 Å². The number of ether oxygens (including phenoxy) is 1. The van der Waals surface area contributed by atoms with Crippen molar-refractivity contribution in [2.24, 2.45) is 5.92 Å². The molecule has 1 aromatic rings. The summed E-state index contributed by atoms with van der Waals surface area (Å²) in [6.07, 6.45) is 2.45. The van der Waals surface area contributed by atoms with E-state index in [-0.39, 0.29) is 18.0 Å². The van der Waals surface area contributed by atoms with E-state index in [1.807, 2.05) is 36.1 Å². The summed E-state index contributed by atoms with van der Waals surface area (Å²) in [5.74, 6) is 1.52. The van der Waals surface area contributed by atoms with Crippen molar-refractivity contribution < 1.29 is 14.3 Å². The van der Waals surface area contributed by atoms with E-state index in [2.05, 4.69) is 12.2 Å². The van der Waals surface area contributed by atoms with E-state index >= 15 is 0 Å². The van der Waals surface area contributed by atoms with Crippen LogP contribution >= 0.6 is 0 Å². The lowest BCUT2D eigenvalue weighted by Crippen LogP contribution is -2.48. The average molecular weight is 345 g/mol. The maximum absolute atomic E-state index is 12.4. The van der Waals surface area contributed by atoms with Gasteiger partial charge in [0, 0.05) is 31.7 Å². The zero-order chi connectivity index (χ0) is 17.8. The van der Waals surface area contributed by atoms with Crippen LogP contribution < -0.4 is 15.0 Å². The number of carbonyl (C=O) groups is 2. The highest BCUT2D eigenvalue weighted by atomic mass is 16.5. The first kappa shape index (κ1) is 17.6. The Labute approximate surface area is 149 Å². The molecule has 2 fully saturated rings. The van der Waals surface area contributed by atoms with Crippen molar-refractivity contribution in [3.8, 4) is 5.75 Å². The van der Waals surface area contributed by atoms with E-state index in [1.165, 1.54) is 0 Å². The van der Waals surface area contributed by atoms with Gasteiger partial charge in [0.2, 0.25) is 5.91 Å². The fourth-order valence-electron chi connectivity index (χ4n) is 3.42. The Balaban J connectivity index is 1.55. The van der Waals surface area contributed by atoms with Gasteiger partial charge in [0.05, 0.1) is 12.6 Å². The van der Waals surface area contributed by atoms with Crippen molar-refractivity contribution in [2.75, 3.05) is 31.1 Å². The molecule has 0 radical (unpaired) electrons. The Morgan fingerprint density at radius 1 is 1.24 bits per heavy atom. The van der Waals surface area contributed by atoms with Gasteiger partial charge in [0.25, 0.3) is 0 Å². The number of hydrogen-bond donors (Lipinski definition) is 1. The van der Waals surface area contributed by atoms with E-state index in [9.17, 15) is 9.59 Å². The van der Waals surface area contributed by atoms with Crippen LogP contribution in [0.2, 0.25) is 0 Å². The number of likely N-dealkylation sites (tertiary alicyclic amines) is 1. The number of hydrogen-bond acceptors (Lipinski definition) is 3. The minimum atomic E-state index is -0.133. The molecule has 0 bridgehead atoms. The van der Waals surface area contributed by atoms with Crippen LogP contribution in [0.5, 0.6) is 5.75 Å². The molecule has 2 aliphatic rings. The second-order valence-corrected chi connectivity index (χ2v) is 6.95. The molecule has 1 N–H and O–H groups in total. The molecule has 3 amide bonds. The van der Waals surface area contributed by atoms with Gasteiger partial charge in [0.15, 0.2) is 0 Å². The molecule has 0 aromatic heterocycles. The number of rotatable bonds is 4. The number of nitrogens with one attached hydrogen (secondary N) is 1. The van der Waals surface area contributed by atoms with Crippen molar-refractivity contribution in [3.05, 3.63) is 24.3 Å². The van der Waals surface area contributed by atoms with Gasteiger partial charge in [-0.1, -0.05) is 6.92 Å². The summed E-state index contributed by atoms with van der Waals surface area (Å²) in [6.45, 7) is 6.90. The zero-order valence-corrected chi connectivity index (χ0v) is 15.0. The molecule has 6 nitrogen and oxygen atoms in total. The molecule has 6 heteroatoms. The summed E-state index contributed by atoms with van der Waals surface area (Å²) in [4.78, 5) is 28.3. The van der Waals surface area contributed by atoms with Gasteiger partial charge in [-0.05, 0) is 49.9 Å². The molecule has 2 aliphatic heterocycles. The number of anilines is 1. The van der Waals surface area contributed by atoms with Gasteiger partial charge < -0.3 is 19.9 Å². The van der Waals surface area contributed by atoms with E-state index in [0.717, 1.165) is 37.4 Å². The zero-order valence-electron chi connectivity index (χ0n) is 15.0. The highest BCUT2D eigenvalue weighted by Crippen LogP contribution is 2.24. The standard InChI is InChI=1S/C19H27N3O3/c1-3-25-17-6-4-16(5-7-17)22-13-15(12-18(22)23)20-19(24)21-10-8-14(2)9-11-21/h4-7,14-15H,3,8-13H2,1-2H3,(H,20,24)/t15-/m0/s1. The van der Waals surface area contributed by atoms with Crippen LogP contribution in [0.25, 0.3) is 0 Å². The van der Waals surface area contributed by atoms with Crippen LogP contribution in [0.3, 0.4) is 0 Å². The molecule has 1 atom stereocenters. The first-order valence-corrected chi connectivity index (χ1v) is 9.15. The van der Waals surface area contributed by atoms with Gasteiger partial charge in [0.1, 0.15) is 5.75 Å². The predicted octanol–water partition coefficient (Wildman–Crippen LogP) is 2.63. The molecule has 2 saturated heterocycles. The summed E-state index contributed by atoms with van der Waals surface area (Å²) in [6, 6.07) is 7.34. The van der Waals surface area contributed by atoms with Crippen molar-refractivity contribution >= 4 is 17.6 Å². The van der Waals surface area contributed by atoms with Crippen molar-refractivity contribution in [3.63, 3.8) is 0 Å². The molecule has 25 heavy (non-hydrogen) atoms. The highest BCUT2D eigenvalue weighted by molar-refractivity contribution is 5.96. The number of nitrogens with zero attached hydrogens (tertiary/aromatic N) is 2. The van der Waals surface area contributed by atoms with Crippen LogP contribution in [0.4, 0.5) is 10.5 Å². The summed E-state index contributed by atoms with van der Waals surface area (Å²) in [5, 5.41) is 3.03. The van der Waals surface area contributed by atoms with Gasteiger partial charge >= 0.3 is 6.03 Å². The molecule has 0 unspecified atom stereocenters. The molecular weight excluding hydrogens is 318 g/mol. The van der Waals surface area contributed by atoms with Crippen LogP contribution in [-0.2, 0) is 4.79 Å². The summed E-state index contributed by atoms with van der Waals surface area (Å²) < 4.78 is 5.43. The normalized spacial score (nSPS) is 21.5. The fraction of sp³-hybridized carbons (Fsp3) is 0.579. The minimum absolute atomic E-state index is 0.0433. The van der Waals surface area contributed by atoms with Crippen LogP contribution in [0.1, 0.15) is 33.1 Å². The van der Waals surface area contributed by atoms with Gasteiger partial charge in [-0.25, -0.2) is 4.79 Å². The molecule has 1 aromatic carbocycles.